The highest BCUT2D eigenvalue weighted by Crippen LogP contribution is 2.29. The second kappa shape index (κ2) is 7.62. The molecule has 0 fully saturated rings. The maximum absolute atomic E-state index is 5.69. The molecule has 1 heterocycles. The minimum absolute atomic E-state index is 0. The van der Waals surface area contributed by atoms with Crippen LogP contribution in [0.25, 0.3) is 0 Å². The maximum Gasteiger partial charge on any atom is 0.180 e. The van der Waals surface area contributed by atoms with Crippen molar-refractivity contribution in [3.05, 3.63) is 47.0 Å². The summed E-state index contributed by atoms with van der Waals surface area (Å²) >= 11 is 1.57. The number of hydrogen-bond donors (Lipinski definition) is 1. The van der Waals surface area contributed by atoms with Gasteiger partial charge in [-0.05, 0) is 18.5 Å². The van der Waals surface area contributed by atoms with Crippen molar-refractivity contribution >= 4 is 28.9 Å². The van der Waals surface area contributed by atoms with Crippen LogP contribution in [0.4, 0.5) is 5.13 Å². The van der Waals surface area contributed by atoms with Crippen LogP contribution in [0.3, 0.4) is 0 Å². The number of rotatable bonds is 5. The van der Waals surface area contributed by atoms with Crippen molar-refractivity contribution in [3.8, 4) is 0 Å². The van der Waals surface area contributed by atoms with Gasteiger partial charge in [-0.3, -0.25) is 4.90 Å². The molecule has 0 saturated heterocycles. The molecule has 0 radical (unpaired) electrons. The minimum Gasteiger partial charge on any atom is -0.375 e. The van der Waals surface area contributed by atoms with Gasteiger partial charge in [-0.25, -0.2) is 4.98 Å². The zero-order chi connectivity index (χ0) is 13.8. The molecule has 2 N–H and O–H groups in total. The van der Waals surface area contributed by atoms with E-state index in [9.17, 15) is 0 Å². The van der Waals surface area contributed by atoms with Gasteiger partial charge in [-0.1, -0.05) is 44.2 Å². The van der Waals surface area contributed by atoms with E-state index in [1.54, 1.807) is 11.3 Å². The van der Waals surface area contributed by atoms with Crippen LogP contribution < -0.4 is 5.73 Å². The molecule has 20 heavy (non-hydrogen) atoms. The monoisotopic (exact) mass is 311 g/mol. The summed E-state index contributed by atoms with van der Waals surface area (Å²) in [5, 5.41) is 0.643. The molecule has 1 aromatic carbocycles. The summed E-state index contributed by atoms with van der Waals surface area (Å²) in [7, 11) is 2.16. The summed E-state index contributed by atoms with van der Waals surface area (Å²) in [6, 6.07) is 11.1. The lowest BCUT2D eigenvalue weighted by molar-refractivity contribution is 0.187. The number of nitrogens with zero attached hydrogens (tertiary/aromatic N) is 2. The summed E-state index contributed by atoms with van der Waals surface area (Å²) in [6.07, 6.45) is 1.87. The average molecular weight is 312 g/mol. The molecule has 0 amide bonds. The van der Waals surface area contributed by atoms with Gasteiger partial charge in [0, 0.05) is 23.7 Å². The summed E-state index contributed by atoms with van der Waals surface area (Å²) < 4.78 is 0. The highest BCUT2D eigenvalue weighted by molar-refractivity contribution is 7.15. The summed E-state index contributed by atoms with van der Waals surface area (Å²) in [5.74, 6) is 0.553. The molecule has 0 aliphatic heterocycles. The van der Waals surface area contributed by atoms with Crippen molar-refractivity contribution in [2.45, 2.75) is 26.4 Å². The quantitative estimate of drug-likeness (QED) is 0.908. The molecule has 2 rings (SSSR count). The van der Waals surface area contributed by atoms with E-state index in [0.717, 1.165) is 6.54 Å². The van der Waals surface area contributed by atoms with Gasteiger partial charge in [0.25, 0.3) is 0 Å². The number of thiazole rings is 1. The highest BCUT2D eigenvalue weighted by Gasteiger charge is 2.21. The minimum atomic E-state index is 0. The van der Waals surface area contributed by atoms with Crippen LogP contribution in [0.15, 0.2) is 36.5 Å². The van der Waals surface area contributed by atoms with E-state index >= 15 is 0 Å². The van der Waals surface area contributed by atoms with Crippen LogP contribution in [0.2, 0.25) is 0 Å². The molecule has 2 aromatic rings. The first-order valence-electron chi connectivity index (χ1n) is 6.53. The average Bonchev–Trinajstić information content (AvgIpc) is 2.75. The largest absolute Gasteiger partial charge is 0.375 e. The van der Waals surface area contributed by atoms with Crippen molar-refractivity contribution in [2.24, 2.45) is 5.92 Å². The molecule has 0 bridgehead atoms. The van der Waals surface area contributed by atoms with Crippen molar-refractivity contribution in [1.29, 1.82) is 0 Å². The summed E-state index contributed by atoms with van der Waals surface area (Å²) in [5.41, 5.74) is 7.05. The number of nitrogen functional groups attached to an aromatic ring is 1. The fraction of sp³-hybridized carbons (Fsp3) is 0.400. The van der Waals surface area contributed by atoms with Crippen LogP contribution in [0.1, 0.15) is 30.3 Å². The smallest absolute Gasteiger partial charge is 0.180 e. The lowest BCUT2D eigenvalue weighted by atomic mass is 9.95. The molecule has 3 nitrogen and oxygen atoms in total. The number of halogens is 1. The van der Waals surface area contributed by atoms with Gasteiger partial charge in [0.15, 0.2) is 5.13 Å². The van der Waals surface area contributed by atoms with Gasteiger partial charge < -0.3 is 5.73 Å². The number of anilines is 1. The van der Waals surface area contributed by atoms with Crippen LogP contribution in [-0.2, 0) is 6.54 Å². The molecular weight excluding hydrogens is 290 g/mol. The number of hydrogen-bond acceptors (Lipinski definition) is 4. The Bertz CT molecular complexity index is 513. The zero-order valence-electron chi connectivity index (χ0n) is 12.1. The summed E-state index contributed by atoms with van der Waals surface area (Å²) in [6.45, 7) is 5.40. The Labute approximate surface area is 131 Å². The number of nitrogens with two attached hydrogens (primary N) is 1. The first-order valence-corrected chi connectivity index (χ1v) is 7.35. The van der Waals surface area contributed by atoms with Crippen LogP contribution >= 0.6 is 23.7 Å². The molecular formula is C15H22ClN3S. The molecule has 1 unspecified atom stereocenters. The van der Waals surface area contributed by atoms with E-state index in [1.807, 2.05) is 6.20 Å². The van der Waals surface area contributed by atoms with Crippen molar-refractivity contribution in [3.63, 3.8) is 0 Å². The molecule has 0 aliphatic carbocycles. The molecule has 1 atom stereocenters. The Balaban J connectivity index is 0.00000200. The third-order valence-electron chi connectivity index (χ3n) is 3.22. The van der Waals surface area contributed by atoms with Gasteiger partial charge in [-0.2, -0.15) is 0 Å². The van der Waals surface area contributed by atoms with Crippen molar-refractivity contribution in [1.82, 2.24) is 9.88 Å². The van der Waals surface area contributed by atoms with E-state index in [1.165, 1.54) is 10.4 Å². The maximum atomic E-state index is 5.69. The van der Waals surface area contributed by atoms with Crippen molar-refractivity contribution < 1.29 is 0 Å². The van der Waals surface area contributed by atoms with Gasteiger partial charge in [0.2, 0.25) is 0 Å². The van der Waals surface area contributed by atoms with E-state index in [4.69, 9.17) is 5.73 Å². The standard InChI is InChI=1S/C15H21N3S.ClH/c1-11(2)14(12-7-5-4-6-8-12)18(3)10-13-9-17-15(16)19-13;/h4-9,11,14H,10H2,1-3H3,(H2,16,17);1H. The lowest BCUT2D eigenvalue weighted by Gasteiger charge is -2.31. The molecule has 0 spiro atoms. The van der Waals surface area contributed by atoms with Gasteiger partial charge in [0.05, 0.1) is 0 Å². The Morgan fingerprint density at radius 3 is 2.40 bits per heavy atom. The predicted octanol–water partition coefficient (Wildman–Crippen LogP) is 3.98. The Hall–Kier alpha value is -1.10. The highest BCUT2D eigenvalue weighted by atomic mass is 35.5. The number of benzene rings is 1. The summed E-state index contributed by atoms with van der Waals surface area (Å²) in [4.78, 5) is 7.69. The van der Waals surface area contributed by atoms with Gasteiger partial charge in [0.1, 0.15) is 0 Å². The zero-order valence-corrected chi connectivity index (χ0v) is 13.7. The normalized spacial score (nSPS) is 12.4. The van der Waals surface area contributed by atoms with Crippen LogP contribution in [-0.4, -0.2) is 16.9 Å². The topological polar surface area (TPSA) is 42.2 Å². The second-order valence-electron chi connectivity index (χ2n) is 5.18. The molecule has 5 heteroatoms. The predicted molar refractivity (Wildman–Crippen MR) is 89.3 cm³/mol. The lowest BCUT2D eigenvalue weighted by Crippen LogP contribution is -2.27. The third kappa shape index (κ3) is 4.20. The molecule has 0 aliphatic rings. The van der Waals surface area contributed by atoms with E-state index in [0.29, 0.717) is 17.1 Å². The Kier molecular flexibility index (Phi) is 6.46. The van der Waals surface area contributed by atoms with E-state index in [2.05, 4.69) is 61.1 Å². The third-order valence-corrected chi connectivity index (χ3v) is 4.04. The van der Waals surface area contributed by atoms with Crippen molar-refractivity contribution in [2.75, 3.05) is 12.8 Å². The van der Waals surface area contributed by atoms with E-state index in [-0.39, 0.29) is 12.4 Å². The first kappa shape index (κ1) is 17.0. The molecule has 0 saturated carbocycles. The number of aromatic nitrogens is 1. The Morgan fingerprint density at radius 1 is 1.25 bits per heavy atom. The molecule has 110 valence electrons. The fourth-order valence-electron chi connectivity index (χ4n) is 2.54. The van der Waals surface area contributed by atoms with Gasteiger partial charge in [-0.15, -0.1) is 23.7 Å². The molecule has 1 aromatic heterocycles. The van der Waals surface area contributed by atoms with Gasteiger partial charge >= 0.3 is 0 Å². The second-order valence-corrected chi connectivity index (χ2v) is 6.33. The SMILES string of the molecule is CC(C)C(c1ccccc1)N(C)Cc1cnc(N)s1.Cl. The van der Waals surface area contributed by atoms with Crippen LogP contribution in [0, 0.1) is 5.92 Å². The Morgan fingerprint density at radius 2 is 1.90 bits per heavy atom. The van der Waals surface area contributed by atoms with E-state index < -0.39 is 0 Å². The van der Waals surface area contributed by atoms with Crippen LogP contribution in [0.5, 0.6) is 0 Å². The first-order chi connectivity index (χ1) is 9.08. The fourth-order valence-corrected chi connectivity index (χ4v) is 3.29.